The van der Waals surface area contributed by atoms with E-state index >= 15 is 0 Å². The van der Waals surface area contributed by atoms with E-state index in [4.69, 9.17) is 0 Å². The quantitative estimate of drug-likeness (QED) is 0.510. The summed E-state index contributed by atoms with van der Waals surface area (Å²) in [5.74, 6) is 0.959. The lowest BCUT2D eigenvalue weighted by Gasteiger charge is -2.70. The maximum absolute atomic E-state index is 11.9. The first-order chi connectivity index (χ1) is 10.5. The molecule has 0 amide bonds. The summed E-state index contributed by atoms with van der Waals surface area (Å²) in [6, 6.07) is 0. The molecule has 0 heterocycles. The van der Waals surface area contributed by atoms with Gasteiger partial charge in [-0.05, 0) is 51.4 Å². The highest BCUT2D eigenvalue weighted by molar-refractivity contribution is 5.78. The highest BCUT2D eigenvalue weighted by Crippen LogP contribution is 2.72. The molecule has 24 heavy (non-hydrogen) atoms. The van der Waals surface area contributed by atoms with Gasteiger partial charge >= 0.3 is 0 Å². The number of hydrogen-bond donors (Lipinski definition) is 0. The molecule has 1 aliphatic carbocycles. The van der Waals surface area contributed by atoms with Crippen LogP contribution in [0.5, 0.6) is 0 Å². The van der Waals surface area contributed by atoms with Crippen molar-refractivity contribution >= 4 is 6.29 Å². The molecule has 1 aliphatic rings. The van der Waals surface area contributed by atoms with Gasteiger partial charge in [0.25, 0.3) is 0 Å². The van der Waals surface area contributed by atoms with Gasteiger partial charge in [0.15, 0.2) is 0 Å². The minimum absolute atomic E-state index is 0.00910. The SMILES string of the molecule is CC1=C(C=O)C(C)(C)C(C)(C)C(C)(C(C)(C)C(C)(C)C(C)C)C1C. The Bertz CT molecular complexity index is 542. The fourth-order valence-corrected chi connectivity index (χ4v) is 5.64. The Hall–Kier alpha value is -0.590. The van der Waals surface area contributed by atoms with E-state index in [9.17, 15) is 4.79 Å². The molecule has 0 bridgehead atoms. The number of carbonyl (C=O) groups excluding carboxylic acids is 1. The molecule has 0 fully saturated rings. The predicted octanol–water partition coefficient (Wildman–Crippen LogP) is 6.92. The molecule has 1 rings (SSSR count). The molecule has 0 aromatic rings. The van der Waals surface area contributed by atoms with Gasteiger partial charge in [0.2, 0.25) is 0 Å². The molecule has 0 aromatic carbocycles. The summed E-state index contributed by atoms with van der Waals surface area (Å²) >= 11 is 0. The van der Waals surface area contributed by atoms with Gasteiger partial charge < -0.3 is 0 Å². The Morgan fingerprint density at radius 2 is 1.42 bits per heavy atom. The van der Waals surface area contributed by atoms with E-state index in [2.05, 4.69) is 90.0 Å². The summed E-state index contributed by atoms with van der Waals surface area (Å²) in [6.07, 6.45) is 1.12. The topological polar surface area (TPSA) is 17.1 Å². The van der Waals surface area contributed by atoms with Crippen molar-refractivity contribution in [1.29, 1.82) is 0 Å². The lowest BCUT2D eigenvalue weighted by Crippen LogP contribution is -2.64. The highest BCUT2D eigenvalue weighted by Gasteiger charge is 2.66. The van der Waals surface area contributed by atoms with E-state index in [1.54, 1.807) is 0 Å². The van der Waals surface area contributed by atoms with E-state index in [0.29, 0.717) is 11.8 Å². The average molecular weight is 335 g/mol. The summed E-state index contributed by atoms with van der Waals surface area (Å²) in [5, 5.41) is 0. The van der Waals surface area contributed by atoms with Crippen LogP contribution < -0.4 is 0 Å². The van der Waals surface area contributed by atoms with Crippen LogP contribution in [0.2, 0.25) is 0 Å². The third-order valence-electron chi connectivity index (χ3n) is 9.94. The third-order valence-corrected chi connectivity index (χ3v) is 9.94. The summed E-state index contributed by atoms with van der Waals surface area (Å²) < 4.78 is 0. The normalized spacial score (nSPS) is 30.7. The van der Waals surface area contributed by atoms with Crippen LogP contribution in [0.15, 0.2) is 11.1 Å². The zero-order valence-electron chi connectivity index (χ0n) is 18.6. The van der Waals surface area contributed by atoms with Gasteiger partial charge in [0, 0.05) is 0 Å². The predicted molar refractivity (Wildman–Crippen MR) is 106 cm³/mol. The zero-order valence-corrected chi connectivity index (χ0v) is 18.6. The Morgan fingerprint density at radius 1 is 1.00 bits per heavy atom. The number of hydrogen-bond acceptors (Lipinski definition) is 1. The molecule has 0 saturated heterocycles. The second kappa shape index (κ2) is 5.71. The first-order valence-corrected chi connectivity index (χ1v) is 9.62. The van der Waals surface area contributed by atoms with E-state index in [-0.39, 0.29) is 27.1 Å². The van der Waals surface area contributed by atoms with Crippen molar-refractivity contribution in [3.63, 3.8) is 0 Å². The van der Waals surface area contributed by atoms with Crippen LogP contribution in [0.25, 0.3) is 0 Å². The summed E-state index contributed by atoms with van der Waals surface area (Å²) in [4.78, 5) is 11.9. The highest BCUT2D eigenvalue weighted by atomic mass is 16.1. The molecule has 1 nitrogen and oxygen atoms in total. The molecular formula is C23H42O. The van der Waals surface area contributed by atoms with Gasteiger partial charge in [-0.15, -0.1) is 0 Å². The minimum atomic E-state index is -0.148. The van der Waals surface area contributed by atoms with Crippen LogP contribution in [-0.2, 0) is 4.79 Å². The second-order valence-corrected chi connectivity index (χ2v) is 10.9. The molecule has 0 saturated carbocycles. The smallest absolute Gasteiger partial charge is 0.146 e. The third kappa shape index (κ3) is 2.22. The molecule has 0 aromatic heterocycles. The molecule has 0 spiro atoms. The standard InChI is InChI=1S/C23H42O/c1-15(2)19(5,6)21(9,10)23(13)17(4)16(3)18(14-24)20(7,8)22(23,11)12/h14-15,17H,1-13H3. The molecule has 2 unspecified atom stereocenters. The Morgan fingerprint density at radius 3 is 1.75 bits per heavy atom. The van der Waals surface area contributed by atoms with Crippen LogP contribution >= 0.6 is 0 Å². The van der Waals surface area contributed by atoms with Crippen molar-refractivity contribution in [1.82, 2.24) is 0 Å². The fraction of sp³-hybridized carbons (Fsp3) is 0.870. The molecule has 1 heteroatoms. The largest absolute Gasteiger partial charge is 0.298 e. The lowest BCUT2D eigenvalue weighted by molar-refractivity contribution is -0.185. The van der Waals surface area contributed by atoms with E-state index in [0.717, 1.165) is 11.9 Å². The number of allylic oxidation sites excluding steroid dienone is 2. The first-order valence-electron chi connectivity index (χ1n) is 9.62. The number of carbonyl (C=O) groups is 1. The molecule has 0 aliphatic heterocycles. The van der Waals surface area contributed by atoms with Gasteiger partial charge in [0.05, 0.1) is 0 Å². The molecule has 2 atom stereocenters. The molecule has 0 radical (unpaired) electrons. The van der Waals surface area contributed by atoms with Gasteiger partial charge in [-0.2, -0.15) is 0 Å². The number of rotatable bonds is 4. The van der Waals surface area contributed by atoms with E-state index in [1.165, 1.54) is 5.57 Å². The Balaban J connectivity index is 3.86. The van der Waals surface area contributed by atoms with Gasteiger partial charge in [-0.1, -0.05) is 88.7 Å². The van der Waals surface area contributed by atoms with Crippen molar-refractivity contribution in [3.8, 4) is 0 Å². The Labute approximate surface area is 151 Å². The van der Waals surface area contributed by atoms with Crippen molar-refractivity contribution in [2.24, 2.45) is 38.9 Å². The molecule has 140 valence electrons. The van der Waals surface area contributed by atoms with Gasteiger partial charge in [-0.3, -0.25) is 4.79 Å². The van der Waals surface area contributed by atoms with Crippen LogP contribution in [0.4, 0.5) is 0 Å². The van der Waals surface area contributed by atoms with E-state index < -0.39 is 0 Å². The minimum Gasteiger partial charge on any atom is -0.298 e. The number of aldehydes is 1. The van der Waals surface area contributed by atoms with Crippen molar-refractivity contribution in [2.75, 3.05) is 0 Å². The molecule has 0 N–H and O–H groups in total. The first kappa shape index (κ1) is 21.5. The van der Waals surface area contributed by atoms with Crippen LogP contribution in [0, 0.1) is 38.9 Å². The van der Waals surface area contributed by atoms with Crippen LogP contribution in [0.1, 0.15) is 90.0 Å². The van der Waals surface area contributed by atoms with Gasteiger partial charge in [0.1, 0.15) is 6.29 Å². The summed E-state index contributed by atoms with van der Waals surface area (Å²) in [7, 11) is 0. The van der Waals surface area contributed by atoms with Crippen molar-refractivity contribution in [2.45, 2.75) is 90.0 Å². The van der Waals surface area contributed by atoms with Gasteiger partial charge in [-0.25, -0.2) is 0 Å². The lowest BCUT2D eigenvalue weighted by atomic mass is 9.34. The fourth-order valence-electron chi connectivity index (χ4n) is 5.64. The zero-order chi connectivity index (χ0) is 19.5. The van der Waals surface area contributed by atoms with Crippen LogP contribution in [-0.4, -0.2) is 6.29 Å². The summed E-state index contributed by atoms with van der Waals surface area (Å²) in [6.45, 7) is 30.8. The average Bonchev–Trinajstić information content (AvgIpc) is 2.43. The van der Waals surface area contributed by atoms with Crippen molar-refractivity contribution < 1.29 is 4.79 Å². The van der Waals surface area contributed by atoms with Crippen molar-refractivity contribution in [3.05, 3.63) is 11.1 Å². The monoisotopic (exact) mass is 334 g/mol. The molecular weight excluding hydrogens is 292 g/mol. The second-order valence-electron chi connectivity index (χ2n) is 10.9. The maximum Gasteiger partial charge on any atom is 0.146 e. The maximum atomic E-state index is 11.9. The van der Waals surface area contributed by atoms with E-state index in [1.807, 2.05) is 0 Å². The van der Waals surface area contributed by atoms with Crippen LogP contribution in [0.3, 0.4) is 0 Å². The summed E-state index contributed by atoms with van der Waals surface area (Å²) in [5.41, 5.74) is 2.48. The Kier molecular flexibility index (Phi) is 5.11.